The fourth-order valence-corrected chi connectivity index (χ4v) is 2.47. The molecule has 0 spiro atoms. The molecule has 4 heteroatoms. The average molecular weight is 264 g/mol. The van der Waals surface area contributed by atoms with Crippen molar-refractivity contribution in [1.29, 1.82) is 0 Å². The van der Waals surface area contributed by atoms with Crippen LogP contribution in [0.2, 0.25) is 5.02 Å². The number of halogens is 1. The summed E-state index contributed by atoms with van der Waals surface area (Å²) >= 11 is 6.00. The lowest BCUT2D eigenvalue weighted by Crippen LogP contribution is -2.06. The summed E-state index contributed by atoms with van der Waals surface area (Å²) in [4.78, 5) is 0. The van der Waals surface area contributed by atoms with E-state index in [-0.39, 0.29) is 0 Å². The van der Waals surface area contributed by atoms with E-state index in [4.69, 9.17) is 17.3 Å². The molecule has 0 saturated heterocycles. The van der Waals surface area contributed by atoms with E-state index in [1.165, 1.54) is 11.3 Å². The van der Waals surface area contributed by atoms with Crippen LogP contribution in [0, 0.1) is 13.8 Å². The molecule has 0 radical (unpaired) electrons. The summed E-state index contributed by atoms with van der Waals surface area (Å²) in [6.07, 6.45) is 1.00. The normalized spacial score (nSPS) is 10.9. The van der Waals surface area contributed by atoms with Crippen LogP contribution in [0.5, 0.6) is 0 Å². The Labute approximate surface area is 113 Å². The van der Waals surface area contributed by atoms with Crippen LogP contribution in [0.15, 0.2) is 18.2 Å². The number of hydrogen-bond donors (Lipinski definition) is 1. The van der Waals surface area contributed by atoms with E-state index in [1.54, 1.807) is 6.07 Å². The Bertz CT molecular complexity index is 573. The van der Waals surface area contributed by atoms with Gasteiger partial charge < -0.3 is 5.73 Å². The van der Waals surface area contributed by atoms with Crippen LogP contribution in [0.25, 0.3) is 0 Å². The maximum atomic E-state index is 6.00. The lowest BCUT2D eigenvalue weighted by Gasteiger charge is -2.08. The van der Waals surface area contributed by atoms with E-state index in [9.17, 15) is 0 Å². The van der Waals surface area contributed by atoms with Crippen molar-refractivity contribution >= 4 is 17.3 Å². The third-order valence-electron chi connectivity index (χ3n) is 3.31. The number of aryl methyl sites for hydroxylation is 1. The van der Waals surface area contributed by atoms with E-state index in [0.717, 1.165) is 23.4 Å². The second-order valence-electron chi connectivity index (χ2n) is 4.50. The standard InChI is InChI=1S/C14H18ClN3/c1-4-13-9(2)17-18(10(13)3)8-11-7-12(15)5-6-14(11)16/h5-7H,4,8,16H2,1-3H3. The average Bonchev–Trinajstić information content (AvgIpc) is 2.59. The van der Waals surface area contributed by atoms with E-state index < -0.39 is 0 Å². The van der Waals surface area contributed by atoms with Crippen LogP contribution in [-0.2, 0) is 13.0 Å². The number of benzene rings is 1. The highest BCUT2D eigenvalue weighted by Gasteiger charge is 2.11. The topological polar surface area (TPSA) is 43.8 Å². The van der Waals surface area contributed by atoms with Gasteiger partial charge in [-0.3, -0.25) is 4.68 Å². The monoisotopic (exact) mass is 263 g/mol. The van der Waals surface area contributed by atoms with E-state index in [2.05, 4.69) is 18.9 Å². The molecule has 0 aliphatic carbocycles. The Morgan fingerprint density at radius 3 is 2.67 bits per heavy atom. The molecule has 0 aliphatic heterocycles. The highest BCUT2D eigenvalue weighted by atomic mass is 35.5. The van der Waals surface area contributed by atoms with Crippen molar-refractivity contribution in [1.82, 2.24) is 9.78 Å². The van der Waals surface area contributed by atoms with Gasteiger partial charge in [0.15, 0.2) is 0 Å². The molecular weight excluding hydrogens is 246 g/mol. The van der Waals surface area contributed by atoms with Gasteiger partial charge in [-0.1, -0.05) is 18.5 Å². The summed E-state index contributed by atoms with van der Waals surface area (Å²) in [7, 11) is 0. The van der Waals surface area contributed by atoms with Crippen LogP contribution >= 0.6 is 11.6 Å². The Morgan fingerprint density at radius 2 is 2.06 bits per heavy atom. The van der Waals surface area contributed by atoms with Gasteiger partial charge in [-0.05, 0) is 49.6 Å². The van der Waals surface area contributed by atoms with Gasteiger partial charge in [0.05, 0.1) is 12.2 Å². The SMILES string of the molecule is CCc1c(C)nn(Cc2cc(Cl)ccc2N)c1C. The van der Waals surface area contributed by atoms with Gasteiger partial charge in [-0.2, -0.15) is 5.10 Å². The second-order valence-corrected chi connectivity index (χ2v) is 4.94. The molecule has 18 heavy (non-hydrogen) atoms. The smallest absolute Gasteiger partial charge is 0.0683 e. The first-order valence-electron chi connectivity index (χ1n) is 6.09. The Morgan fingerprint density at radius 1 is 1.33 bits per heavy atom. The third-order valence-corrected chi connectivity index (χ3v) is 3.55. The van der Waals surface area contributed by atoms with Crippen LogP contribution in [-0.4, -0.2) is 9.78 Å². The number of anilines is 1. The molecule has 0 aliphatic rings. The van der Waals surface area contributed by atoms with Gasteiger partial charge in [-0.25, -0.2) is 0 Å². The molecule has 0 fully saturated rings. The van der Waals surface area contributed by atoms with Crippen LogP contribution in [0.3, 0.4) is 0 Å². The Balaban J connectivity index is 2.37. The summed E-state index contributed by atoms with van der Waals surface area (Å²) in [5.41, 5.74) is 11.3. The van der Waals surface area contributed by atoms with Gasteiger partial charge in [0.25, 0.3) is 0 Å². The number of nitrogens with two attached hydrogens (primary N) is 1. The van der Waals surface area contributed by atoms with Gasteiger partial charge in [0.1, 0.15) is 0 Å². The lowest BCUT2D eigenvalue weighted by molar-refractivity contribution is 0.659. The van der Waals surface area contributed by atoms with Crippen molar-refractivity contribution in [2.45, 2.75) is 33.7 Å². The molecule has 0 amide bonds. The lowest BCUT2D eigenvalue weighted by atomic mass is 10.1. The van der Waals surface area contributed by atoms with Crippen molar-refractivity contribution in [2.75, 3.05) is 5.73 Å². The number of nitrogen functional groups attached to an aromatic ring is 1. The Kier molecular flexibility index (Phi) is 3.62. The highest BCUT2D eigenvalue weighted by Crippen LogP contribution is 2.21. The molecule has 0 atom stereocenters. The van der Waals surface area contributed by atoms with Crippen LogP contribution < -0.4 is 5.73 Å². The maximum Gasteiger partial charge on any atom is 0.0683 e. The highest BCUT2D eigenvalue weighted by molar-refractivity contribution is 6.30. The summed E-state index contributed by atoms with van der Waals surface area (Å²) < 4.78 is 2.00. The fraction of sp³-hybridized carbons (Fsp3) is 0.357. The van der Waals surface area contributed by atoms with E-state index in [0.29, 0.717) is 11.6 Å². The minimum atomic E-state index is 0.666. The van der Waals surface area contributed by atoms with Crippen LogP contribution in [0.4, 0.5) is 5.69 Å². The zero-order valence-corrected chi connectivity index (χ0v) is 11.8. The minimum Gasteiger partial charge on any atom is -0.398 e. The molecule has 0 saturated carbocycles. The molecule has 1 aromatic heterocycles. The molecule has 2 rings (SSSR count). The summed E-state index contributed by atoms with van der Waals surface area (Å²) in [6.45, 7) is 6.96. The first-order valence-corrected chi connectivity index (χ1v) is 6.47. The first kappa shape index (κ1) is 13.0. The molecule has 3 nitrogen and oxygen atoms in total. The molecule has 1 heterocycles. The number of aromatic nitrogens is 2. The number of hydrogen-bond acceptors (Lipinski definition) is 2. The first-order chi connectivity index (χ1) is 8.52. The van der Waals surface area contributed by atoms with E-state index in [1.807, 2.05) is 23.7 Å². The molecule has 0 unspecified atom stereocenters. The zero-order chi connectivity index (χ0) is 13.3. The number of rotatable bonds is 3. The molecule has 1 aromatic carbocycles. The summed E-state index contributed by atoms with van der Waals surface area (Å²) in [5, 5.41) is 5.27. The minimum absolute atomic E-state index is 0.666. The number of nitrogens with zero attached hydrogens (tertiary/aromatic N) is 2. The summed E-state index contributed by atoms with van der Waals surface area (Å²) in [6, 6.07) is 5.54. The zero-order valence-electron chi connectivity index (χ0n) is 11.0. The van der Waals surface area contributed by atoms with Gasteiger partial charge in [0, 0.05) is 16.4 Å². The van der Waals surface area contributed by atoms with Crippen molar-refractivity contribution in [3.8, 4) is 0 Å². The van der Waals surface area contributed by atoms with Crippen molar-refractivity contribution < 1.29 is 0 Å². The van der Waals surface area contributed by atoms with Crippen molar-refractivity contribution in [3.63, 3.8) is 0 Å². The Hall–Kier alpha value is -1.48. The van der Waals surface area contributed by atoms with Gasteiger partial charge >= 0.3 is 0 Å². The fourth-order valence-electron chi connectivity index (χ4n) is 2.27. The second kappa shape index (κ2) is 5.02. The largest absolute Gasteiger partial charge is 0.398 e. The summed E-state index contributed by atoms with van der Waals surface area (Å²) in [5.74, 6) is 0. The molecule has 96 valence electrons. The van der Waals surface area contributed by atoms with Crippen molar-refractivity contribution in [3.05, 3.63) is 45.7 Å². The maximum absolute atomic E-state index is 6.00. The quantitative estimate of drug-likeness (QED) is 0.863. The van der Waals surface area contributed by atoms with Crippen molar-refractivity contribution in [2.24, 2.45) is 0 Å². The molecular formula is C14H18ClN3. The van der Waals surface area contributed by atoms with E-state index >= 15 is 0 Å². The molecule has 2 aromatic rings. The predicted molar refractivity (Wildman–Crippen MR) is 76.0 cm³/mol. The van der Waals surface area contributed by atoms with Gasteiger partial charge in [0.2, 0.25) is 0 Å². The van der Waals surface area contributed by atoms with Crippen LogP contribution in [0.1, 0.15) is 29.4 Å². The predicted octanol–water partition coefficient (Wildman–Crippen LogP) is 3.35. The third kappa shape index (κ3) is 2.36. The van der Waals surface area contributed by atoms with Gasteiger partial charge in [-0.15, -0.1) is 0 Å². The molecule has 0 bridgehead atoms. The molecule has 2 N–H and O–H groups in total.